The Labute approximate surface area is 168 Å². The number of pyridine rings is 1. The fraction of sp³-hybridized carbons (Fsp3) is 0.333. The molecule has 0 saturated carbocycles. The van der Waals surface area contributed by atoms with Gasteiger partial charge in [-0.3, -0.25) is 9.59 Å². The third kappa shape index (κ3) is 4.54. The molecular weight excluding hydrogens is 372 g/mol. The Morgan fingerprint density at radius 1 is 1.29 bits per heavy atom. The van der Waals surface area contributed by atoms with Crippen molar-refractivity contribution in [3.8, 4) is 0 Å². The maximum absolute atomic E-state index is 12.5. The Bertz CT molecular complexity index is 934. The first-order valence-corrected chi connectivity index (χ1v) is 10.4. The van der Waals surface area contributed by atoms with E-state index in [0.29, 0.717) is 18.8 Å². The van der Waals surface area contributed by atoms with E-state index in [2.05, 4.69) is 21.4 Å². The first-order chi connectivity index (χ1) is 13.7. The summed E-state index contributed by atoms with van der Waals surface area (Å²) in [5.74, 6) is 0.657. The SMILES string of the molecule is O=C1CCCc2cc(/C=C/C(=O)N3CC=C(Cc4nccs4)CC3)cnc2N1. The first kappa shape index (κ1) is 18.6. The zero-order valence-corrected chi connectivity index (χ0v) is 16.4. The monoisotopic (exact) mass is 394 g/mol. The Balaban J connectivity index is 1.36. The average molecular weight is 395 g/mol. The predicted octanol–water partition coefficient (Wildman–Crippen LogP) is 3.23. The number of aryl methyl sites for hydroxylation is 1. The lowest BCUT2D eigenvalue weighted by molar-refractivity contribution is -0.125. The van der Waals surface area contributed by atoms with E-state index in [4.69, 9.17) is 0 Å². The largest absolute Gasteiger partial charge is 0.335 e. The fourth-order valence-corrected chi connectivity index (χ4v) is 4.11. The molecule has 1 N–H and O–H groups in total. The van der Waals surface area contributed by atoms with Crippen LogP contribution in [-0.2, 0) is 22.4 Å². The van der Waals surface area contributed by atoms with E-state index >= 15 is 0 Å². The predicted molar refractivity (Wildman–Crippen MR) is 110 cm³/mol. The van der Waals surface area contributed by atoms with Gasteiger partial charge in [-0.15, -0.1) is 11.3 Å². The number of thiazole rings is 1. The lowest BCUT2D eigenvalue weighted by atomic mass is 10.0. The van der Waals surface area contributed by atoms with Crippen LogP contribution in [0.15, 0.2) is 41.6 Å². The van der Waals surface area contributed by atoms with Crippen molar-refractivity contribution in [2.75, 3.05) is 18.4 Å². The zero-order valence-electron chi connectivity index (χ0n) is 15.6. The van der Waals surface area contributed by atoms with E-state index < -0.39 is 0 Å². The number of carbonyl (C=O) groups is 2. The first-order valence-electron chi connectivity index (χ1n) is 9.49. The van der Waals surface area contributed by atoms with Gasteiger partial charge in [0.2, 0.25) is 11.8 Å². The molecule has 0 fully saturated rings. The summed E-state index contributed by atoms with van der Waals surface area (Å²) in [6.45, 7) is 1.37. The van der Waals surface area contributed by atoms with E-state index in [1.165, 1.54) is 5.57 Å². The number of fused-ring (bicyclic) bond motifs is 1. The van der Waals surface area contributed by atoms with Gasteiger partial charge in [0.05, 0.1) is 5.01 Å². The van der Waals surface area contributed by atoms with E-state index in [9.17, 15) is 9.59 Å². The maximum atomic E-state index is 12.5. The number of carbonyl (C=O) groups excluding carboxylic acids is 2. The standard InChI is InChI=1S/C21H22N4O2S/c26-18-3-1-2-17-12-16(14-23-21(17)24-18)4-5-20(27)25-9-6-15(7-10-25)13-19-22-8-11-28-19/h4-6,8,11-12,14H,1-3,7,9-10,13H2,(H,23,24,26)/b5-4+. The summed E-state index contributed by atoms with van der Waals surface area (Å²) in [6, 6.07) is 2.00. The molecule has 144 valence electrons. The highest BCUT2D eigenvalue weighted by molar-refractivity contribution is 7.09. The highest BCUT2D eigenvalue weighted by Crippen LogP contribution is 2.22. The van der Waals surface area contributed by atoms with Gasteiger partial charge in [-0.25, -0.2) is 9.97 Å². The molecule has 0 spiro atoms. The smallest absolute Gasteiger partial charge is 0.246 e. The van der Waals surface area contributed by atoms with Gasteiger partial charge in [0, 0.05) is 49.8 Å². The molecule has 6 nitrogen and oxygen atoms in total. The average Bonchev–Trinajstić information content (AvgIpc) is 3.14. The Hall–Kier alpha value is -2.80. The third-order valence-electron chi connectivity index (χ3n) is 4.99. The molecule has 4 rings (SSSR count). The number of nitrogens with zero attached hydrogens (tertiary/aromatic N) is 3. The summed E-state index contributed by atoms with van der Waals surface area (Å²) in [6.07, 6.45) is 13.0. The van der Waals surface area contributed by atoms with Gasteiger partial charge in [0.15, 0.2) is 0 Å². The summed E-state index contributed by atoms with van der Waals surface area (Å²) >= 11 is 1.67. The van der Waals surface area contributed by atoms with Crippen molar-refractivity contribution in [3.63, 3.8) is 0 Å². The van der Waals surface area contributed by atoms with Crippen LogP contribution in [0.4, 0.5) is 5.82 Å². The van der Waals surface area contributed by atoms with Crippen LogP contribution in [0, 0.1) is 0 Å². The minimum absolute atomic E-state index is 0.00722. The topological polar surface area (TPSA) is 75.2 Å². The summed E-state index contributed by atoms with van der Waals surface area (Å²) in [7, 11) is 0. The van der Waals surface area contributed by atoms with Crippen molar-refractivity contribution < 1.29 is 9.59 Å². The van der Waals surface area contributed by atoms with Crippen LogP contribution in [0.25, 0.3) is 6.08 Å². The normalized spacial score (nSPS) is 17.1. The second-order valence-electron chi connectivity index (χ2n) is 7.01. The quantitative estimate of drug-likeness (QED) is 0.638. The number of amides is 2. The number of anilines is 1. The van der Waals surface area contributed by atoms with Gasteiger partial charge < -0.3 is 10.2 Å². The molecule has 0 atom stereocenters. The van der Waals surface area contributed by atoms with Crippen molar-refractivity contribution in [2.24, 2.45) is 0 Å². The molecule has 2 aliphatic heterocycles. The Morgan fingerprint density at radius 2 is 2.21 bits per heavy atom. The van der Waals surface area contributed by atoms with E-state index in [-0.39, 0.29) is 11.8 Å². The minimum Gasteiger partial charge on any atom is -0.335 e. The van der Waals surface area contributed by atoms with Crippen molar-refractivity contribution in [3.05, 3.63) is 57.7 Å². The van der Waals surface area contributed by atoms with E-state index in [1.54, 1.807) is 29.7 Å². The molecule has 2 aromatic heterocycles. The van der Waals surface area contributed by atoms with E-state index in [0.717, 1.165) is 48.4 Å². The van der Waals surface area contributed by atoms with Gasteiger partial charge in [-0.05, 0) is 42.5 Å². The highest BCUT2D eigenvalue weighted by atomic mass is 32.1. The molecule has 0 bridgehead atoms. The van der Waals surface area contributed by atoms with Gasteiger partial charge >= 0.3 is 0 Å². The molecule has 4 heterocycles. The lowest BCUT2D eigenvalue weighted by Gasteiger charge is -2.25. The number of hydrogen-bond donors (Lipinski definition) is 1. The third-order valence-corrected chi connectivity index (χ3v) is 5.77. The molecule has 28 heavy (non-hydrogen) atoms. The molecule has 2 aliphatic rings. The molecule has 0 aliphatic carbocycles. The molecule has 0 unspecified atom stereocenters. The molecule has 7 heteroatoms. The summed E-state index contributed by atoms with van der Waals surface area (Å²) in [4.78, 5) is 34.6. The lowest BCUT2D eigenvalue weighted by Crippen LogP contribution is -2.33. The fourth-order valence-electron chi connectivity index (χ4n) is 3.44. The highest BCUT2D eigenvalue weighted by Gasteiger charge is 2.17. The second-order valence-corrected chi connectivity index (χ2v) is 7.99. The molecule has 2 amide bonds. The van der Waals surface area contributed by atoms with Gasteiger partial charge in [0.1, 0.15) is 5.82 Å². The van der Waals surface area contributed by atoms with Gasteiger partial charge in [-0.2, -0.15) is 0 Å². The Morgan fingerprint density at radius 3 is 3.00 bits per heavy atom. The van der Waals surface area contributed by atoms with Crippen LogP contribution in [0.1, 0.15) is 35.4 Å². The number of rotatable bonds is 4. The molecule has 0 saturated heterocycles. The molecule has 0 radical (unpaired) electrons. The minimum atomic E-state index is 0.00722. The maximum Gasteiger partial charge on any atom is 0.246 e. The number of hydrogen-bond acceptors (Lipinski definition) is 5. The second kappa shape index (κ2) is 8.48. The van der Waals surface area contributed by atoms with Crippen LogP contribution >= 0.6 is 11.3 Å². The van der Waals surface area contributed by atoms with Crippen molar-refractivity contribution in [2.45, 2.75) is 32.1 Å². The molecular formula is C21H22N4O2S. The van der Waals surface area contributed by atoms with E-state index in [1.807, 2.05) is 22.5 Å². The number of aromatic nitrogens is 2. The molecule has 0 aromatic carbocycles. The Kier molecular flexibility index (Phi) is 5.62. The van der Waals surface area contributed by atoms with Crippen LogP contribution in [0.5, 0.6) is 0 Å². The van der Waals surface area contributed by atoms with Crippen LogP contribution in [-0.4, -0.2) is 39.8 Å². The zero-order chi connectivity index (χ0) is 19.3. The van der Waals surface area contributed by atoms with Crippen LogP contribution in [0.3, 0.4) is 0 Å². The van der Waals surface area contributed by atoms with Gasteiger partial charge in [-0.1, -0.05) is 11.6 Å². The summed E-state index contributed by atoms with van der Waals surface area (Å²) < 4.78 is 0. The van der Waals surface area contributed by atoms with Crippen LogP contribution in [0.2, 0.25) is 0 Å². The van der Waals surface area contributed by atoms with Crippen molar-refractivity contribution in [1.82, 2.24) is 14.9 Å². The number of nitrogens with one attached hydrogen (secondary N) is 1. The summed E-state index contributed by atoms with van der Waals surface area (Å²) in [5.41, 5.74) is 3.24. The summed E-state index contributed by atoms with van der Waals surface area (Å²) in [5, 5.41) is 5.94. The van der Waals surface area contributed by atoms with Crippen molar-refractivity contribution >= 4 is 35.0 Å². The van der Waals surface area contributed by atoms with Gasteiger partial charge in [0.25, 0.3) is 0 Å². The van der Waals surface area contributed by atoms with Crippen LogP contribution < -0.4 is 5.32 Å². The van der Waals surface area contributed by atoms with Crippen molar-refractivity contribution in [1.29, 1.82) is 0 Å². The molecule has 2 aromatic rings.